The zero-order valence-corrected chi connectivity index (χ0v) is 10.2. The number of nitrogens with zero attached hydrogens (tertiary/aromatic N) is 2. The molecule has 16 heavy (non-hydrogen) atoms. The highest BCUT2D eigenvalue weighted by Crippen LogP contribution is 2.08. The second kappa shape index (κ2) is 8.68. The molecule has 0 amide bonds. The van der Waals surface area contributed by atoms with Gasteiger partial charge in [-0.2, -0.15) is 5.10 Å². The molecular formula is C13H20N2O. The van der Waals surface area contributed by atoms with Gasteiger partial charge in [-0.05, 0) is 24.6 Å². The van der Waals surface area contributed by atoms with Crippen molar-refractivity contribution in [2.24, 2.45) is 0 Å². The van der Waals surface area contributed by atoms with Gasteiger partial charge in [-0.25, -0.2) is 4.68 Å². The lowest BCUT2D eigenvalue weighted by Crippen LogP contribution is -1.96. The van der Waals surface area contributed by atoms with Crippen LogP contribution in [0.15, 0.2) is 48.8 Å². The fraction of sp³-hybridized carbons (Fsp3) is 0.308. The second-order valence-corrected chi connectivity index (χ2v) is 2.75. The first-order chi connectivity index (χ1) is 7.81. The molecule has 0 spiro atoms. The van der Waals surface area contributed by atoms with Crippen LogP contribution in [0.25, 0.3) is 5.70 Å². The first-order valence-corrected chi connectivity index (χ1v) is 5.42. The van der Waals surface area contributed by atoms with Crippen molar-refractivity contribution >= 4 is 5.70 Å². The van der Waals surface area contributed by atoms with Crippen molar-refractivity contribution in [2.75, 3.05) is 6.61 Å². The first-order valence-electron chi connectivity index (χ1n) is 5.42. The Hall–Kier alpha value is -1.61. The fourth-order valence-electron chi connectivity index (χ4n) is 1.06. The summed E-state index contributed by atoms with van der Waals surface area (Å²) in [5.41, 5.74) is 1.69. The first kappa shape index (κ1) is 14.4. The summed E-state index contributed by atoms with van der Waals surface area (Å²) in [5.74, 6) is 0. The highest BCUT2D eigenvalue weighted by molar-refractivity contribution is 5.58. The maximum absolute atomic E-state index is 8.97. The number of hydrogen-bond acceptors (Lipinski definition) is 2. The normalized spacial score (nSPS) is 11.8. The van der Waals surface area contributed by atoms with Crippen molar-refractivity contribution in [3.63, 3.8) is 0 Å². The molecule has 1 aromatic rings. The molecule has 0 aromatic carbocycles. The van der Waals surface area contributed by atoms with Gasteiger partial charge in [0.05, 0.1) is 12.3 Å². The number of hydrogen-bond donors (Lipinski definition) is 1. The van der Waals surface area contributed by atoms with Gasteiger partial charge in [-0.1, -0.05) is 32.6 Å². The van der Waals surface area contributed by atoms with Crippen molar-refractivity contribution in [3.8, 4) is 0 Å². The Kier molecular flexibility index (Phi) is 7.81. The molecule has 0 radical (unpaired) electrons. The topological polar surface area (TPSA) is 38.0 Å². The van der Waals surface area contributed by atoms with E-state index in [9.17, 15) is 0 Å². The Balaban J connectivity index is 0.00000106. The molecule has 1 heterocycles. The highest BCUT2D eigenvalue weighted by atomic mass is 16.3. The molecule has 0 aliphatic carbocycles. The maximum Gasteiger partial charge on any atom is 0.0682 e. The molecule has 0 aliphatic heterocycles. The van der Waals surface area contributed by atoms with E-state index in [1.54, 1.807) is 17.0 Å². The van der Waals surface area contributed by atoms with E-state index in [4.69, 9.17) is 5.11 Å². The van der Waals surface area contributed by atoms with Gasteiger partial charge in [0, 0.05) is 12.4 Å². The smallest absolute Gasteiger partial charge is 0.0682 e. The third kappa shape index (κ3) is 4.28. The summed E-state index contributed by atoms with van der Waals surface area (Å²) in [7, 11) is 0. The van der Waals surface area contributed by atoms with E-state index >= 15 is 0 Å². The lowest BCUT2D eigenvalue weighted by atomic mass is 10.2. The van der Waals surface area contributed by atoms with Crippen molar-refractivity contribution < 1.29 is 5.11 Å². The Morgan fingerprint density at radius 1 is 1.50 bits per heavy atom. The summed E-state index contributed by atoms with van der Waals surface area (Å²) < 4.78 is 1.74. The van der Waals surface area contributed by atoms with E-state index in [0.29, 0.717) is 0 Å². The molecule has 0 fully saturated rings. The monoisotopic (exact) mass is 220 g/mol. The zero-order chi connectivity index (χ0) is 12.4. The van der Waals surface area contributed by atoms with Crippen molar-refractivity contribution in [3.05, 3.63) is 48.8 Å². The number of aliphatic hydroxyl groups is 1. The molecule has 1 rings (SSSR count). The fourth-order valence-corrected chi connectivity index (χ4v) is 1.06. The van der Waals surface area contributed by atoms with Crippen molar-refractivity contribution in [2.45, 2.75) is 20.8 Å². The Bertz CT molecular complexity index is 348. The quantitative estimate of drug-likeness (QED) is 0.792. The number of aliphatic hydroxyl groups excluding tert-OH is 1. The average molecular weight is 220 g/mol. The van der Waals surface area contributed by atoms with Crippen LogP contribution in [-0.4, -0.2) is 21.5 Å². The molecule has 3 heteroatoms. The minimum absolute atomic E-state index is 0.0118. The summed E-state index contributed by atoms with van der Waals surface area (Å²) in [6.07, 6.45) is 8.97. The molecule has 0 bridgehead atoms. The highest BCUT2D eigenvalue weighted by Gasteiger charge is 1.96. The van der Waals surface area contributed by atoms with Gasteiger partial charge < -0.3 is 5.11 Å². The van der Waals surface area contributed by atoms with E-state index < -0.39 is 0 Å². The van der Waals surface area contributed by atoms with E-state index in [1.165, 1.54) is 0 Å². The van der Waals surface area contributed by atoms with Crippen LogP contribution in [0.1, 0.15) is 20.8 Å². The zero-order valence-electron chi connectivity index (χ0n) is 10.2. The molecule has 0 saturated carbocycles. The van der Waals surface area contributed by atoms with Crippen molar-refractivity contribution in [1.82, 2.24) is 9.78 Å². The van der Waals surface area contributed by atoms with Crippen LogP contribution in [0.5, 0.6) is 0 Å². The van der Waals surface area contributed by atoms with Gasteiger partial charge >= 0.3 is 0 Å². The van der Waals surface area contributed by atoms with Crippen LogP contribution >= 0.6 is 0 Å². The average Bonchev–Trinajstić information content (AvgIpc) is 2.87. The van der Waals surface area contributed by atoms with Gasteiger partial charge in [0.2, 0.25) is 0 Å². The third-order valence-electron chi connectivity index (χ3n) is 1.84. The Morgan fingerprint density at radius 2 is 2.19 bits per heavy atom. The van der Waals surface area contributed by atoms with Gasteiger partial charge in [0.1, 0.15) is 0 Å². The molecule has 0 aliphatic rings. The summed E-state index contributed by atoms with van der Waals surface area (Å²) in [5, 5.41) is 13.1. The van der Waals surface area contributed by atoms with Gasteiger partial charge in [0.25, 0.3) is 0 Å². The minimum atomic E-state index is -0.0118. The molecule has 3 nitrogen and oxygen atoms in total. The van der Waals surface area contributed by atoms with E-state index in [0.717, 1.165) is 11.3 Å². The van der Waals surface area contributed by atoms with Crippen LogP contribution < -0.4 is 0 Å². The Morgan fingerprint density at radius 3 is 2.56 bits per heavy atom. The summed E-state index contributed by atoms with van der Waals surface area (Å²) in [6.45, 7) is 9.53. The van der Waals surface area contributed by atoms with Crippen LogP contribution in [0, 0.1) is 0 Å². The van der Waals surface area contributed by atoms with Gasteiger partial charge in [-0.3, -0.25) is 0 Å². The molecule has 0 atom stereocenters. The van der Waals surface area contributed by atoms with Crippen LogP contribution in [0.4, 0.5) is 0 Å². The number of allylic oxidation sites excluding steroid dienone is 3. The molecular weight excluding hydrogens is 200 g/mol. The molecule has 88 valence electrons. The standard InChI is InChI=1S/C11H14N2O.C2H6/c1-3-10(9-14)8-11(4-2)13-7-5-6-12-13;1-2/h3-8,14H,1,9H2,2H3;1-2H3/b10-8+,11-4+;. The summed E-state index contributed by atoms with van der Waals surface area (Å²) >= 11 is 0. The summed E-state index contributed by atoms with van der Waals surface area (Å²) in [4.78, 5) is 0. The Labute approximate surface area is 97.4 Å². The molecule has 1 aromatic heterocycles. The lowest BCUT2D eigenvalue weighted by molar-refractivity contribution is 0.335. The van der Waals surface area contributed by atoms with Crippen LogP contribution in [0.3, 0.4) is 0 Å². The van der Waals surface area contributed by atoms with Crippen LogP contribution in [0.2, 0.25) is 0 Å². The lowest BCUT2D eigenvalue weighted by Gasteiger charge is -2.03. The molecule has 0 saturated heterocycles. The van der Waals surface area contributed by atoms with Crippen molar-refractivity contribution in [1.29, 1.82) is 0 Å². The van der Waals surface area contributed by atoms with Gasteiger partial charge in [0.15, 0.2) is 0 Å². The van der Waals surface area contributed by atoms with E-state index in [-0.39, 0.29) is 6.61 Å². The molecule has 1 N–H and O–H groups in total. The van der Waals surface area contributed by atoms with E-state index in [1.807, 2.05) is 45.2 Å². The maximum atomic E-state index is 8.97. The summed E-state index contributed by atoms with van der Waals surface area (Å²) in [6, 6.07) is 1.85. The predicted molar refractivity (Wildman–Crippen MR) is 68.9 cm³/mol. The predicted octanol–water partition coefficient (Wildman–Crippen LogP) is 2.87. The molecule has 0 unspecified atom stereocenters. The largest absolute Gasteiger partial charge is 0.392 e. The third-order valence-corrected chi connectivity index (χ3v) is 1.84. The number of aromatic nitrogens is 2. The van der Waals surface area contributed by atoms with Crippen LogP contribution in [-0.2, 0) is 0 Å². The van der Waals surface area contributed by atoms with Gasteiger partial charge in [-0.15, -0.1) is 0 Å². The SMILES string of the molecule is C=C/C(=C\C(=C/C)n1cccn1)CO.CC. The number of rotatable bonds is 4. The van der Waals surface area contributed by atoms with E-state index in [2.05, 4.69) is 11.7 Å². The second-order valence-electron chi connectivity index (χ2n) is 2.75. The minimum Gasteiger partial charge on any atom is -0.392 e.